The molecule has 1 aromatic rings. The molecule has 20 heavy (non-hydrogen) atoms. The number of methoxy groups -OCH3 is 1. The third-order valence-electron chi connectivity index (χ3n) is 3.70. The monoisotopic (exact) mass is 278 g/mol. The zero-order valence-corrected chi connectivity index (χ0v) is 12.6. The van der Waals surface area contributed by atoms with Gasteiger partial charge in [0.05, 0.1) is 20.3 Å². The minimum atomic E-state index is 0.374. The highest BCUT2D eigenvalue weighted by atomic mass is 16.5. The molecule has 1 aromatic carbocycles. The van der Waals surface area contributed by atoms with Crippen LogP contribution in [0.4, 0.5) is 0 Å². The lowest BCUT2D eigenvalue weighted by Crippen LogP contribution is -2.42. The Morgan fingerprint density at radius 2 is 1.95 bits per heavy atom. The molecule has 0 radical (unpaired) electrons. The molecule has 0 spiro atoms. The van der Waals surface area contributed by atoms with Gasteiger partial charge in [-0.3, -0.25) is 4.90 Å². The zero-order valence-electron chi connectivity index (χ0n) is 12.6. The molecule has 1 aliphatic heterocycles. The normalized spacial score (nSPS) is 17.9. The van der Waals surface area contributed by atoms with E-state index in [1.807, 2.05) is 12.1 Å². The van der Waals surface area contributed by atoms with Crippen LogP contribution < -0.4 is 10.1 Å². The van der Waals surface area contributed by atoms with Crippen LogP contribution in [0.15, 0.2) is 24.3 Å². The van der Waals surface area contributed by atoms with Crippen molar-refractivity contribution in [2.45, 2.75) is 19.4 Å². The fraction of sp³-hybridized carbons (Fsp3) is 0.625. The summed E-state index contributed by atoms with van der Waals surface area (Å²) >= 11 is 0. The molecule has 2 rings (SSSR count). The molecule has 0 bridgehead atoms. The van der Waals surface area contributed by atoms with Crippen molar-refractivity contribution in [2.24, 2.45) is 0 Å². The fourth-order valence-corrected chi connectivity index (χ4v) is 2.48. The molecular formula is C16H26N2O2. The maximum atomic E-state index is 5.42. The zero-order chi connectivity index (χ0) is 14.2. The molecule has 1 fully saturated rings. The third-order valence-corrected chi connectivity index (χ3v) is 3.70. The van der Waals surface area contributed by atoms with Gasteiger partial charge in [-0.15, -0.1) is 0 Å². The van der Waals surface area contributed by atoms with Crippen molar-refractivity contribution in [1.82, 2.24) is 10.2 Å². The van der Waals surface area contributed by atoms with E-state index in [-0.39, 0.29) is 0 Å². The first-order chi connectivity index (χ1) is 9.83. The molecule has 4 nitrogen and oxygen atoms in total. The van der Waals surface area contributed by atoms with Gasteiger partial charge in [0.2, 0.25) is 0 Å². The average Bonchev–Trinajstić information content (AvgIpc) is 2.52. The van der Waals surface area contributed by atoms with Gasteiger partial charge >= 0.3 is 0 Å². The summed E-state index contributed by atoms with van der Waals surface area (Å²) in [4.78, 5) is 2.47. The van der Waals surface area contributed by atoms with Crippen molar-refractivity contribution >= 4 is 0 Å². The van der Waals surface area contributed by atoms with E-state index in [2.05, 4.69) is 29.3 Å². The van der Waals surface area contributed by atoms with Gasteiger partial charge in [-0.05, 0) is 30.7 Å². The molecule has 1 N–H and O–H groups in total. The second-order valence-electron chi connectivity index (χ2n) is 5.19. The van der Waals surface area contributed by atoms with E-state index in [4.69, 9.17) is 9.47 Å². The molecule has 1 atom stereocenters. The SMILES string of the molecule is CCCNC(CN1CCOCC1)c1ccc(OC)cc1. The lowest BCUT2D eigenvalue weighted by atomic mass is 10.1. The third kappa shape index (κ3) is 4.47. The van der Waals surface area contributed by atoms with E-state index in [0.29, 0.717) is 6.04 Å². The van der Waals surface area contributed by atoms with Crippen LogP contribution in [0.1, 0.15) is 24.9 Å². The first kappa shape index (κ1) is 15.3. The van der Waals surface area contributed by atoms with Gasteiger partial charge in [0.25, 0.3) is 0 Å². The average molecular weight is 278 g/mol. The summed E-state index contributed by atoms with van der Waals surface area (Å²) in [7, 11) is 1.70. The minimum Gasteiger partial charge on any atom is -0.497 e. The molecule has 1 saturated heterocycles. The van der Waals surface area contributed by atoms with Gasteiger partial charge in [0.15, 0.2) is 0 Å². The molecular weight excluding hydrogens is 252 g/mol. The molecule has 1 heterocycles. The number of nitrogens with one attached hydrogen (secondary N) is 1. The highest BCUT2D eigenvalue weighted by Crippen LogP contribution is 2.19. The Morgan fingerprint density at radius 3 is 2.55 bits per heavy atom. The van der Waals surface area contributed by atoms with Crippen molar-refractivity contribution in [3.05, 3.63) is 29.8 Å². The Labute approximate surface area is 122 Å². The number of nitrogens with zero attached hydrogens (tertiary/aromatic N) is 1. The van der Waals surface area contributed by atoms with Crippen molar-refractivity contribution in [2.75, 3.05) is 46.5 Å². The van der Waals surface area contributed by atoms with E-state index >= 15 is 0 Å². The maximum Gasteiger partial charge on any atom is 0.118 e. The molecule has 112 valence electrons. The van der Waals surface area contributed by atoms with Gasteiger partial charge in [0, 0.05) is 25.7 Å². The Hall–Kier alpha value is -1.10. The Kier molecular flexibility index (Phi) is 6.30. The van der Waals surface area contributed by atoms with Crippen LogP contribution in [0.5, 0.6) is 5.75 Å². The predicted octanol–water partition coefficient (Wildman–Crippen LogP) is 2.07. The fourth-order valence-electron chi connectivity index (χ4n) is 2.48. The molecule has 0 aliphatic carbocycles. The van der Waals surface area contributed by atoms with E-state index in [0.717, 1.165) is 51.6 Å². The lowest BCUT2D eigenvalue weighted by Gasteiger charge is -2.31. The van der Waals surface area contributed by atoms with Gasteiger partial charge in [-0.25, -0.2) is 0 Å². The van der Waals surface area contributed by atoms with Gasteiger partial charge in [-0.1, -0.05) is 19.1 Å². The number of benzene rings is 1. The summed E-state index contributed by atoms with van der Waals surface area (Å²) in [6.45, 7) is 8.04. The number of hydrogen-bond acceptors (Lipinski definition) is 4. The van der Waals surface area contributed by atoms with Crippen LogP contribution in [-0.4, -0.2) is 51.4 Å². The van der Waals surface area contributed by atoms with Crippen molar-refractivity contribution < 1.29 is 9.47 Å². The Bertz CT molecular complexity index is 375. The summed E-state index contributed by atoms with van der Waals surface area (Å²) in [5.74, 6) is 0.911. The van der Waals surface area contributed by atoms with Gasteiger partial charge < -0.3 is 14.8 Å². The lowest BCUT2D eigenvalue weighted by molar-refractivity contribution is 0.0334. The number of ether oxygens (including phenoxy) is 2. The topological polar surface area (TPSA) is 33.7 Å². The van der Waals surface area contributed by atoms with E-state index in [1.165, 1.54) is 5.56 Å². The molecule has 1 aliphatic rings. The largest absolute Gasteiger partial charge is 0.497 e. The smallest absolute Gasteiger partial charge is 0.118 e. The first-order valence-electron chi connectivity index (χ1n) is 7.51. The van der Waals surface area contributed by atoms with Crippen LogP contribution in [0.3, 0.4) is 0 Å². The standard InChI is InChI=1S/C16H26N2O2/c1-3-8-17-16(13-18-9-11-20-12-10-18)14-4-6-15(19-2)7-5-14/h4-7,16-17H,3,8-13H2,1-2H3. The quantitative estimate of drug-likeness (QED) is 0.828. The number of hydrogen-bond donors (Lipinski definition) is 1. The minimum absolute atomic E-state index is 0.374. The van der Waals surface area contributed by atoms with Crippen LogP contribution in [0, 0.1) is 0 Å². The van der Waals surface area contributed by atoms with Gasteiger partial charge in [0.1, 0.15) is 5.75 Å². The van der Waals surface area contributed by atoms with Crippen molar-refractivity contribution in [3.63, 3.8) is 0 Å². The van der Waals surface area contributed by atoms with Crippen LogP contribution in [0.2, 0.25) is 0 Å². The molecule has 1 unspecified atom stereocenters. The van der Waals surface area contributed by atoms with Gasteiger partial charge in [-0.2, -0.15) is 0 Å². The highest BCUT2D eigenvalue weighted by molar-refractivity contribution is 5.29. The second-order valence-corrected chi connectivity index (χ2v) is 5.19. The molecule has 0 saturated carbocycles. The van der Waals surface area contributed by atoms with Crippen LogP contribution in [0.25, 0.3) is 0 Å². The summed E-state index contributed by atoms with van der Waals surface area (Å²) in [6, 6.07) is 8.77. The molecule has 0 amide bonds. The Balaban J connectivity index is 2.00. The van der Waals surface area contributed by atoms with Crippen LogP contribution >= 0.6 is 0 Å². The summed E-state index contributed by atoms with van der Waals surface area (Å²) < 4.78 is 10.7. The summed E-state index contributed by atoms with van der Waals surface area (Å²) in [5.41, 5.74) is 1.32. The molecule has 0 aromatic heterocycles. The van der Waals surface area contributed by atoms with E-state index in [9.17, 15) is 0 Å². The highest BCUT2D eigenvalue weighted by Gasteiger charge is 2.17. The second kappa shape index (κ2) is 8.25. The van der Waals surface area contributed by atoms with E-state index < -0.39 is 0 Å². The van der Waals surface area contributed by atoms with Crippen LogP contribution in [-0.2, 0) is 4.74 Å². The van der Waals surface area contributed by atoms with Crippen molar-refractivity contribution in [3.8, 4) is 5.75 Å². The first-order valence-corrected chi connectivity index (χ1v) is 7.51. The maximum absolute atomic E-state index is 5.42. The molecule has 4 heteroatoms. The summed E-state index contributed by atoms with van der Waals surface area (Å²) in [5, 5.41) is 3.65. The predicted molar refractivity (Wildman–Crippen MR) is 81.3 cm³/mol. The van der Waals surface area contributed by atoms with Crippen molar-refractivity contribution in [1.29, 1.82) is 0 Å². The number of rotatable bonds is 7. The summed E-state index contributed by atoms with van der Waals surface area (Å²) in [6.07, 6.45) is 1.15. The number of morpholine rings is 1. The Morgan fingerprint density at radius 1 is 1.25 bits per heavy atom. The van der Waals surface area contributed by atoms with E-state index in [1.54, 1.807) is 7.11 Å².